The number of nitrogens with two attached hydrogens (primary N) is 1. The van der Waals surface area contributed by atoms with Gasteiger partial charge in [-0.15, -0.1) is 0 Å². The number of phosphoric ester groups is 1. The fourth-order valence-electron chi connectivity index (χ4n) is 0.723. The lowest BCUT2D eigenvalue weighted by Crippen LogP contribution is -2.12. The van der Waals surface area contributed by atoms with Gasteiger partial charge in [-0.25, -0.2) is 4.57 Å². The maximum Gasteiger partial charge on any atom is 0.529 e. The monoisotopic (exact) mass is 247 g/mol. The molecule has 0 unspecified atom stereocenters. The fourth-order valence-corrected chi connectivity index (χ4v) is 1.36. The number of hydrogen-bond acceptors (Lipinski definition) is 5. The molecule has 0 aliphatic rings. The molecule has 0 aliphatic heterocycles. The van der Waals surface area contributed by atoms with Crippen LogP contribution in [0.15, 0.2) is 36.6 Å². The molecule has 0 fully saturated rings. The van der Waals surface area contributed by atoms with Gasteiger partial charge < -0.3 is 10.3 Å². The average molecular weight is 247 g/mol. The van der Waals surface area contributed by atoms with Crippen LogP contribution in [-0.4, -0.2) is 20.1 Å². The minimum Gasteiger partial charge on any atom is -0.405 e. The molecule has 0 rings (SSSR count). The van der Waals surface area contributed by atoms with Gasteiger partial charge in [-0.1, -0.05) is 19.2 Å². The predicted molar refractivity (Wildman–Crippen MR) is 59.3 cm³/mol. The lowest BCUT2D eigenvalue weighted by Gasteiger charge is -2.14. The number of amides is 1. The van der Waals surface area contributed by atoms with E-state index in [9.17, 15) is 9.36 Å². The Morgan fingerprint density at radius 2 is 1.88 bits per heavy atom. The molecule has 16 heavy (non-hydrogen) atoms. The highest BCUT2D eigenvalue weighted by Gasteiger charge is 2.24. The summed E-state index contributed by atoms with van der Waals surface area (Å²) in [6.45, 7) is 6.79. The minimum atomic E-state index is -3.66. The summed E-state index contributed by atoms with van der Waals surface area (Å²) in [5, 5.41) is 0. The van der Waals surface area contributed by atoms with E-state index in [1.54, 1.807) is 0 Å². The first-order valence-corrected chi connectivity index (χ1v) is 5.58. The summed E-state index contributed by atoms with van der Waals surface area (Å²) in [4.78, 5) is 10.8. The summed E-state index contributed by atoms with van der Waals surface area (Å²) >= 11 is 0. The SMILES string of the molecule is C=C/C(=C\C(=C)OP(=O)(OC)OC)C(N)=O. The highest BCUT2D eigenvalue weighted by molar-refractivity contribution is 7.48. The average Bonchev–Trinajstić information content (AvgIpc) is 2.25. The lowest BCUT2D eigenvalue weighted by molar-refractivity contribution is -0.114. The van der Waals surface area contributed by atoms with Crippen LogP contribution in [0.4, 0.5) is 0 Å². The summed E-state index contributed by atoms with van der Waals surface area (Å²) in [6.07, 6.45) is 2.40. The van der Waals surface area contributed by atoms with Gasteiger partial charge in [0.2, 0.25) is 5.91 Å². The van der Waals surface area contributed by atoms with Crippen LogP contribution in [0.3, 0.4) is 0 Å². The molecule has 6 nitrogen and oxygen atoms in total. The van der Waals surface area contributed by atoms with Crippen molar-refractivity contribution in [3.05, 3.63) is 36.6 Å². The minimum absolute atomic E-state index is 0.0729. The van der Waals surface area contributed by atoms with E-state index in [4.69, 9.17) is 10.3 Å². The van der Waals surface area contributed by atoms with Gasteiger partial charge >= 0.3 is 7.82 Å². The maximum atomic E-state index is 11.5. The highest BCUT2D eigenvalue weighted by Crippen LogP contribution is 2.49. The Balaban J connectivity index is 4.78. The Bertz CT molecular complexity index is 366. The van der Waals surface area contributed by atoms with Gasteiger partial charge in [-0.2, -0.15) is 0 Å². The van der Waals surface area contributed by atoms with Crippen LogP contribution in [0.2, 0.25) is 0 Å². The largest absolute Gasteiger partial charge is 0.529 e. The summed E-state index contributed by atoms with van der Waals surface area (Å²) in [5.41, 5.74) is 5.09. The van der Waals surface area contributed by atoms with Crippen molar-refractivity contribution in [3.8, 4) is 0 Å². The Morgan fingerprint density at radius 1 is 1.38 bits per heavy atom. The van der Waals surface area contributed by atoms with Crippen molar-refractivity contribution in [3.63, 3.8) is 0 Å². The first-order valence-electron chi connectivity index (χ1n) is 4.12. The number of allylic oxidation sites excluding steroid dienone is 1. The second-order valence-corrected chi connectivity index (χ2v) is 4.35. The van der Waals surface area contributed by atoms with Crippen LogP contribution in [0, 0.1) is 0 Å². The molecular formula is C9H14NO5P. The van der Waals surface area contributed by atoms with E-state index in [2.05, 4.69) is 22.2 Å². The standard InChI is InChI=1S/C9H14NO5P/c1-5-8(9(10)11)6-7(2)15-16(12,13-3)14-4/h5-6H,1-2H2,3-4H3,(H2,10,11)/b8-6+. The van der Waals surface area contributed by atoms with Crippen LogP contribution in [0.5, 0.6) is 0 Å². The van der Waals surface area contributed by atoms with Crippen LogP contribution in [0.1, 0.15) is 0 Å². The number of rotatable bonds is 7. The summed E-state index contributed by atoms with van der Waals surface area (Å²) in [6, 6.07) is 0. The van der Waals surface area contributed by atoms with Crippen LogP contribution < -0.4 is 5.73 Å². The van der Waals surface area contributed by atoms with Gasteiger partial charge in [-0.05, 0) is 6.08 Å². The number of primary amides is 1. The first-order chi connectivity index (χ1) is 7.38. The topological polar surface area (TPSA) is 87.8 Å². The molecule has 0 atom stereocenters. The Kier molecular flexibility index (Phi) is 5.74. The maximum absolute atomic E-state index is 11.5. The van der Waals surface area contributed by atoms with Crippen molar-refractivity contribution >= 4 is 13.7 Å². The highest BCUT2D eigenvalue weighted by atomic mass is 31.2. The van der Waals surface area contributed by atoms with E-state index in [0.29, 0.717) is 0 Å². The smallest absolute Gasteiger partial charge is 0.405 e. The molecule has 0 aliphatic carbocycles. The zero-order valence-corrected chi connectivity index (χ0v) is 10.0. The van der Waals surface area contributed by atoms with E-state index in [1.807, 2.05) is 0 Å². The zero-order valence-electron chi connectivity index (χ0n) is 9.13. The summed E-state index contributed by atoms with van der Waals surface area (Å²) in [7, 11) is -1.35. The normalized spacial score (nSPS) is 12.0. The second kappa shape index (κ2) is 6.27. The Morgan fingerprint density at radius 3 is 2.19 bits per heavy atom. The van der Waals surface area contributed by atoms with Crippen molar-refractivity contribution < 1.29 is 22.9 Å². The van der Waals surface area contributed by atoms with Crippen LogP contribution in [-0.2, 0) is 22.9 Å². The molecular weight excluding hydrogens is 233 g/mol. The molecule has 0 bridgehead atoms. The molecule has 0 aromatic carbocycles. The number of hydrogen-bond donors (Lipinski definition) is 1. The Hall–Kier alpha value is -1.36. The van der Waals surface area contributed by atoms with Gasteiger partial charge in [-0.3, -0.25) is 13.8 Å². The molecule has 0 spiro atoms. The van der Waals surface area contributed by atoms with E-state index < -0.39 is 13.7 Å². The molecule has 7 heteroatoms. The van der Waals surface area contributed by atoms with Crippen molar-refractivity contribution in [1.29, 1.82) is 0 Å². The van der Waals surface area contributed by atoms with Gasteiger partial charge in [0, 0.05) is 19.8 Å². The Labute approximate surface area is 94.0 Å². The molecule has 0 saturated heterocycles. The van der Waals surface area contributed by atoms with Gasteiger partial charge in [0.05, 0.1) is 0 Å². The van der Waals surface area contributed by atoms with E-state index in [-0.39, 0.29) is 11.3 Å². The molecule has 2 N–H and O–H groups in total. The van der Waals surface area contributed by atoms with Crippen molar-refractivity contribution in [2.75, 3.05) is 14.2 Å². The molecule has 0 heterocycles. The van der Waals surface area contributed by atoms with Crippen LogP contribution in [0.25, 0.3) is 0 Å². The predicted octanol–water partition coefficient (Wildman–Crippen LogP) is 1.52. The first kappa shape index (κ1) is 14.6. The number of carbonyl (C=O) groups is 1. The molecule has 0 aromatic rings. The fraction of sp³-hybridized carbons (Fsp3) is 0.222. The summed E-state index contributed by atoms with van der Waals surface area (Å²) in [5.74, 6) is -0.787. The van der Waals surface area contributed by atoms with E-state index >= 15 is 0 Å². The molecule has 1 amide bonds. The third kappa shape index (κ3) is 4.44. The van der Waals surface area contributed by atoms with Gasteiger partial charge in [0.1, 0.15) is 5.76 Å². The van der Waals surface area contributed by atoms with Crippen molar-refractivity contribution in [2.24, 2.45) is 5.73 Å². The molecule has 90 valence electrons. The molecule has 0 saturated carbocycles. The zero-order chi connectivity index (χ0) is 12.8. The molecule has 0 radical (unpaired) electrons. The lowest BCUT2D eigenvalue weighted by atomic mass is 10.2. The third-order valence-electron chi connectivity index (χ3n) is 1.50. The van der Waals surface area contributed by atoms with Gasteiger partial charge in [0.15, 0.2) is 0 Å². The number of phosphoric acid groups is 1. The van der Waals surface area contributed by atoms with Crippen molar-refractivity contribution in [1.82, 2.24) is 0 Å². The number of carbonyl (C=O) groups excluding carboxylic acids is 1. The third-order valence-corrected chi connectivity index (χ3v) is 2.85. The van der Waals surface area contributed by atoms with Crippen molar-refractivity contribution in [2.45, 2.75) is 0 Å². The van der Waals surface area contributed by atoms with E-state index in [0.717, 1.165) is 14.2 Å². The van der Waals surface area contributed by atoms with E-state index in [1.165, 1.54) is 12.2 Å². The van der Waals surface area contributed by atoms with Crippen LogP contribution >= 0.6 is 7.82 Å². The molecule has 0 aromatic heterocycles. The quantitative estimate of drug-likeness (QED) is 0.319. The second-order valence-electron chi connectivity index (χ2n) is 2.54. The van der Waals surface area contributed by atoms with Gasteiger partial charge in [0.25, 0.3) is 0 Å². The summed E-state index contributed by atoms with van der Waals surface area (Å²) < 4.78 is 25.3.